The Kier molecular flexibility index (Phi) is 3.92. The Morgan fingerprint density at radius 1 is 1.35 bits per heavy atom. The van der Waals surface area contributed by atoms with E-state index in [-0.39, 0.29) is 16.5 Å². The Morgan fingerprint density at radius 3 is 2.60 bits per heavy atom. The SMILES string of the molecule is CCN(c1cc(O)ccc1C)S(=O)(=O)c1cc(N)cs1. The number of phenols is 1. The van der Waals surface area contributed by atoms with E-state index in [1.165, 1.54) is 22.5 Å². The lowest BCUT2D eigenvalue weighted by atomic mass is 10.2. The number of aromatic hydroxyl groups is 1. The van der Waals surface area contributed by atoms with Crippen molar-refractivity contribution in [3.8, 4) is 5.75 Å². The van der Waals surface area contributed by atoms with Crippen LogP contribution in [-0.2, 0) is 10.0 Å². The first kappa shape index (κ1) is 14.7. The van der Waals surface area contributed by atoms with E-state index in [9.17, 15) is 13.5 Å². The van der Waals surface area contributed by atoms with Crippen LogP contribution in [0.25, 0.3) is 0 Å². The molecule has 0 amide bonds. The summed E-state index contributed by atoms with van der Waals surface area (Å²) in [6.45, 7) is 3.82. The maximum absolute atomic E-state index is 12.6. The third-order valence-electron chi connectivity index (χ3n) is 2.89. The molecular formula is C13H16N2O3S2. The third-order valence-corrected chi connectivity index (χ3v) is 6.21. The van der Waals surface area contributed by atoms with E-state index in [4.69, 9.17) is 5.73 Å². The molecule has 3 N–H and O–H groups in total. The maximum Gasteiger partial charge on any atom is 0.273 e. The molecule has 5 nitrogen and oxygen atoms in total. The molecule has 20 heavy (non-hydrogen) atoms. The molecule has 0 bridgehead atoms. The van der Waals surface area contributed by atoms with E-state index in [0.717, 1.165) is 16.9 Å². The van der Waals surface area contributed by atoms with Gasteiger partial charge in [-0.15, -0.1) is 11.3 Å². The second-order valence-corrected chi connectivity index (χ2v) is 7.34. The number of benzene rings is 1. The van der Waals surface area contributed by atoms with Crippen LogP contribution in [0.4, 0.5) is 11.4 Å². The number of rotatable bonds is 4. The fraction of sp³-hybridized carbons (Fsp3) is 0.231. The number of thiophene rings is 1. The highest BCUT2D eigenvalue weighted by atomic mass is 32.2. The average molecular weight is 312 g/mol. The highest BCUT2D eigenvalue weighted by molar-refractivity contribution is 7.94. The molecule has 7 heteroatoms. The summed E-state index contributed by atoms with van der Waals surface area (Å²) in [5.74, 6) is 0.0324. The number of phenolic OH excluding ortho intramolecular Hbond substituents is 1. The van der Waals surface area contributed by atoms with Gasteiger partial charge in [0.2, 0.25) is 0 Å². The first-order valence-electron chi connectivity index (χ1n) is 6.02. The lowest BCUT2D eigenvalue weighted by molar-refractivity contribution is 0.475. The smallest absolute Gasteiger partial charge is 0.273 e. The Balaban J connectivity index is 2.54. The Labute approximate surface area is 122 Å². The van der Waals surface area contributed by atoms with Crippen molar-refractivity contribution in [3.05, 3.63) is 35.2 Å². The summed E-state index contributed by atoms with van der Waals surface area (Å²) in [5, 5.41) is 11.2. The molecule has 0 aliphatic carbocycles. The number of anilines is 2. The highest BCUT2D eigenvalue weighted by Crippen LogP contribution is 2.32. The van der Waals surface area contributed by atoms with Crippen molar-refractivity contribution in [1.29, 1.82) is 0 Å². The predicted octanol–water partition coefficient (Wildman–Crippen LogP) is 2.56. The molecule has 108 valence electrons. The summed E-state index contributed by atoms with van der Waals surface area (Å²) in [4.78, 5) is 0. The van der Waals surface area contributed by atoms with Crippen LogP contribution in [0.15, 0.2) is 33.9 Å². The van der Waals surface area contributed by atoms with E-state index in [0.29, 0.717) is 11.4 Å². The van der Waals surface area contributed by atoms with Gasteiger partial charge in [-0.3, -0.25) is 4.31 Å². The van der Waals surface area contributed by atoms with Crippen LogP contribution < -0.4 is 10.0 Å². The topological polar surface area (TPSA) is 83.6 Å². The first-order chi connectivity index (χ1) is 9.36. The maximum atomic E-state index is 12.6. The zero-order valence-electron chi connectivity index (χ0n) is 11.2. The van der Waals surface area contributed by atoms with Crippen LogP contribution in [-0.4, -0.2) is 20.1 Å². The molecule has 1 heterocycles. The lowest BCUT2D eigenvalue weighted by Crippen LogP contribution is -2.30. The molecule has 1 aromatic heterocycles. The van der Waals surface area contributed by atoms with Gasteiger partial charge in [-0.2, -0.15) is 0 Å². The fourth-order valence-corrected chi connectivity index (χ4v) is 4.63. The van der Waals surface area contributed by atoms with Gasteiger partial charge in [0.15, 0.2) is 0 Å². The van der Waals surface area contributed by atoms with Crippen LogP contribution in [0.1, 0.15) is 12.5 Å². The molecular weight excluding hydrogens is 296 g/mol. The van der Waals surface area contributed by atoms with Crippen LogP contribution in [0.5, 0.6) is 5.75 Å². The fourth-order valence-electron chi connectivity index (χ4n) is 1.91. The summed E-state index contributed by atoms with van der Waals surface area (Å²) in [6.07, 6.45) is 0. The molecule has 2 rings (SSSR count). The normalized spacial score (nSPS) is 11.5. The molecule has 2 aromatic rings. The van der Waals surface area contributed by atoms with Crippen molar-refractivity contribution in [2.24, 2.45) is 0 Å². The van der Waals surface area contributed by atoms with E-state index >= 15 is 0 Å². The van der Waals surface area contributed by atoms with E-state index in [1.807, 2.05) is 0 Å². The average Bonchev–Trinajstić information content (AvgIpc) is 2.81. The summed E-state index contributed by atoms with van der Waals surface area (Å²) in [7, 11) is -3.66. The minimum Gasteiger partial charge on any atom is -0.508 e. The molecule has 1 aromatic carbocycles. The quantitative estimate of drug-likeness (QED) is 0.909. The summed E-state index contributed by atoms with van der Waals surface area (Å²) >= 11 is 1.09. The number of nitrogen functional groups attached to an aromatic ring is 1. The standard InChI is InChI=1S/C13H16N2O3S2/c1-3-15(12-7-11(16)5-4-9(12)2)20(17,18)13-6-10(14)8-19-13/h4-8,16H,3,14H2,1-2H3. The molecule has 0 fully saturated rings. The first-order valence-corrected chi connectivity index (χ1v) is 8.34. The predicted molar refractivity (Wildman–Crippen MR) is 81.8 cm³/mol. The van der Waals surface area contributed by atoms with E-state index < -0.39 is 10.0 Å². The van der Waals surface area contributed by atoms with Gasteiger partial charge >= 0.3 is 0 Å². The minimum atomic E-state index is -3.66. The molecule has 0 aliphatic rings. The molecule has 0 saturated carbocycles. The number of nitrogens with zero attached hydrogens (tertiary/aromatic N) is 1. The molecule has 0 aliphatic heterocycles. The Morgan fingerprint density at radius 2 is 2.05 bits per heavy atom. The van der Waals surface area contributed by atoms with Crippen molar-refractivity contribution in [2.75, 3.05) is 16.6 Å². The zero-order chi connectivity index (χ0) is 14.9. The van der Waals surface area contributed by atoms with Crippen molar-refractivity contribution >= 4 is 32.7 Å². The van der Waals surface area contributed by atoms with Gasteiger partial charge in [-0.1, -0.05) is 6.07 Å². The van der Waals surface area contributed by atoms with Gasteiger partial charge in [0.1, 0.15) is 9.96 Å². The molecule has 0 spiro atoms. The number of nitrogens with two attached hydrogens (primary N) is 1. The molecule has 0 saturated heterocycles. The summed E-state index contributed by atoms with van der Waals surface area (Å²) in [5.41, 5.74) is 7.27. The van der Waals surface area contributed by atoms with Crippen molar-refractivity contribution in [3.63, 3.8) is 0 Å². The van der Waals surface area contributed by atoms with Gasteiger partial charge < -0.3 is 10.8 Å². The second kappa shape index (κ2) is 5.34. The third kappa shape index (κ3) is 2.59. The van der Waals surface area contributed by atoms with Gasteiger partial charge in [-0.25, -0.2) is 8.42 Å². The van der Waals surface area contributed by atoms with Crippen molar-refractivity contribution < 1.29 is 13.5 Å². The molecule has 0 atom stereocenters. The van der Waals surface area contributed by atoms with Gasteiger partial charge in [0.25, 0.3) is 10.0 Å². The minimum absolute atomic E-state index is 0.0324. The Bertz CT molecular complexity index is 723. The Hall–Kier alpha value is -1.73. The van der Waals surface area contributed by atoms with Gasteiger partial charge in [-0.05, 0) is 31.5 Å². The summed E-state index contributed by atoms with van der Waals surface area (Å²) in [6, 6.07) is 6.11. The van der Waals surface area contributed by atoms with Crippen LogP contribution in [0, 0.1) is 6.92 Å². The lowest BCUT2D eigenvalue weighted by Gasteiger charge is -2.23. The van der Waals surface area contributed by atoms with Crippen LogP contribution in [0.3, 0.4) is 0 Å². The van der Waals surface area contributed by atoms with Gasteiger partial charge in [0, 0.05) is 23.7 Å². The van der Waals surface area contributed by atoms with Crippen LogP contribution in [0.2, 0.25) is 0 Å². The summed E-state index contributed by atoms with van der Waals surface area (Å²) < 4.78 is 26.7. The van der Waals surface area contributed by atoms with Crippen molar-refractivity contribution in [2.45, 2.75) is 18.1 Å². The van der Waals surface area contributed by atoms with E-state index in [1.54, 1.807) is 25.3 Å². The molecule has 0 unspecified atom stereocenters. The van der Waals surface area contributed by atoms with Crippen LogP contribution >= 0.6 is 11.3 Å². The second-order valence-electron chi connectivity index (χ2n) is 4.34. The van der Waals surface area contributed by atoms with Crippen molar-refractivity contribution in [1.82, 2.24) is 0 Å². The monoisotopic (exact) mass is 312 g/mol. The zero-order valence-corrected chi connectivity index (χ0v) is 12.8. The van der Waals surface area contributed by atoms with Gasteiger partial charge in [0.05, 0.1) is 5.69 Å². The largest absolute Gasteiger partial charge is 0.508 e. The molecule has 0 radical (unpaired) electrons. The number of hydrogen-bond acceptors (Lipinski definition) is 5. The number of sulfonamides is 1. The van der Waals surface area contributed by atoms with E-state index in [2.05, 4.69) is 0 Å². The number of aryl methyl sites for hydroxylation is 1. The highest BCUT2D eigenvalue weighted by Gasteiger charge is 2.26. The number of hydrogen-bond donors (Lipinski definition) is 2.